The predicted molar refractivity (Wildman–Crippen MR) is 107 cm³/mol. The van der Waals surface area contributed by atoms with Crippen molar-refractivity contribution in [3.05, 3.63) is 30.4 Å². The predicted octanol–water partition coefficient (Wildman–Crippen LogP) is 1.22. The van der Waals surface area contributed by atoms with Crippen LogP contribution in [0.4, 0.5) is 17.6 Å². The van der Waals surface area contributed by atoms with Gasteiger partial charge in [-0.05, 0) is 12.8 Å². The molecular formula is C16H24Cl2N8. The second-order valence-electron chi connectivity index (χ2n) is 6.48. The Hall–Kier alpha value is -1.90. The van der Waals surface area contributed by atoms with Crippen molar-refractivity contribution in [2.75, 3.05) is 41.7 Å². The average Bonchev–Trinajstić information content (AvgIpc) is 2.59. The number of anilines is 3. The normalized spacial score (nSPS) is 22.0. The highest BCUT2D eigenvalue weighted by molar-refractivity contribution is 5.85. The Morgan fingerprint density at radius 2 is 1.58 bits per heavy atom. The van der Waals surface area contributed by atoms with Gasteiger partial charge in [0.15, 0.2) is 0 Å². The number of hydrogen-bond acceptors (Lipinski definition) is 8. The molecule has 0 atom stereocenters. The number of hydrogen-bond donors (Lipinski definition) is 2. The van der Waals surface area contributed by atoms with Gasteiger partial charge in [-0.15, -0.1) is 24.8 Å². The van der Waals surface area contributed by atoms with Gasteiger partial charge in [0, 0.05) is 56.6 Å². The Kier molecular flexibility index (Phi) is 6.80. The molecule has 1 saturated heterocycles. The highest BCUT2D eigenvalue weighted by Crippen LogP contribution is 2.36. The molecule has 2 aromatic heterocycles. The zero-order valence-corrected chi connectivity index (χ0v) is 16.0. The topological polar surface area (TPSA) is 110 Å². The van der Waals surface area contributed by atoms with Crippen molar-refractivity contribution in [3.63, 3.8) is 0 Å². The van der Waals surface area contributed by atoms with Crippen molar-refractivity contribution < 1.29 is 0 Å². The van der Waals surface area contributed by atoms with Crippen LogP contribution in [0.5, 0.6) is 0 Å². The Balaban J connectivity index is 0.00000121. The van der Waals surface area contributed by atoms with E-state index in [2.05, 4.69) is 35.8 Å². The van der Waals surface area contributed by atoms with E-state index in [1.807, 2.05) is 0 Å². The van der Waals surface area contributed by atoms with Gasteiger partial charge in [0.05, 0.1) is 11.9 Å². The third kappa shape index (κ3) is 4.25. The molecule has 0 aromatic carbocycles. The monoisotopic (exact) mass is 398 g/mol. The summed E-state index contributed by atoms with van der Waals surface area (Å²) in [7, 11) is 0. The van der Waals surface area contributed by atoms with Crippen molar-refractivity contribution in [1.29, 1.82) is 0 Å². The van der Waals surface area contributed by atoms with E-state index >= 15 is 0 Å². The number of nitrogens with zero attached hydrogens (tertiary/aromatic N) is 6. The molecule has 142 valence electrons. The van der Waals surface area contributed by atoms with Crippen molar-refractivity contribution >= 4 is 42.4 Å². The fraction of sp³-hybridized carbons (Fsp3) is 0.500. The van der Waals surface area contributed by atoms with Gasteiger partial charge < -0.3 is 21.3 Å². The number of rotatable bonds is 3. The first kappa shape index (κ1) is 20.4. The molecule has 0 radical (unpaired) electrons. The lowest BCUT2D eigenvalue weighted by molar-refractivity contribution is 0.345. The van der Waals surface area contributed by atoms with E-state index in [9.17, 15) is 0 Å². The lowest BCUT2D eigenvalue weighted by Crippen LogP contribution is -2.47. The molecule has 1 aliphatic carbocycles. The maximum atomic E-state index is 5.93. The summed E-state index contributed by atoms with van der Waals surface area (Å²) >= 11 is 0. The first-order valence-corrected chi connectivity index (χ1v) is 8.35. The van der Waals surface area contributed by atoms with Gasteiger partial charge in [-0.1, -0.05) is 0 Å². The van der Waals surface area contributed by atoms with E-state index in [0.29, 0.717) is 17.9 Å². The van der Waals surface area contributed by atoms with Gasteiger partial charge in [0.1, 0.15) is 11.6 Å². The Morgan fingerprint density at radius 1 is 0.923 bits per heavy atom. The molecule has 2 fully saturated rings. The van der Waals surface area contributed by atoms with Crippen molar-refractivity contribution in [2.24, 2.45) is 5.73 Å². The fourth-order valence-electron chi connectivity index (χ4n) is 3.37. The van der Waals surface area contributed by atoms with Gasteiger partial charge in [-0.2, -0.15) is 4.98 Å². The minimum Gasteiger partial charge on any atom is -0.368 e. The quantitative estimate of drug-likeness (QED) is 0.793. The molecule has 3 heterocycles. The van der Waals surface area contributed by atoms with E-state index in [-0.39, 0.29) is 24.8 Å². The van der Waals surface area contributed by atoms with Crippen LogP contribution in [0.2, 0.25) is 0 Å². The minimum absolute atomic E-state index is 0. The molecule has 0 spiro atoms. The summed E-state index contributed by atoms with van der Waals surface area (Å²) in [6.07, 6.45) is 7.18. The molecular weight excluding hydrogens is 375 g/mol. The lowest BCUT2D eigenvalue weighted by Gasteiger charge is -2.36. The molecule has 0 amide bonds. The molecule has 26 heavy (non-hydrogen) atoms. The van der Waals surface area contributed by atoms with Gasteiger partial charge in [0.25, 0.3) is 0 Å². The third-order valence-corrected chi connectivity index (χ3v) is 4.82. The zero-order valence-electron chi connectivity index (χ0n) is 14.4. The molecule has 2 aromatic rings. The van der Waals surface area contributed by atoms with Crippen LogP contribution in [0.3, 0.4) is 0 Å². The SMILES string of the molecule is Cl.Cl.Nc1nc(C2CC(N)C2)cc(N2CCN(c3cnccn3)CC2)n1. The molecule has 1 aliphatic heterocycles. The second kappa shape index (κ2) is 8.66. The summed E-state index contributed by atoms with van der Waals surface area (Å²) < 4.78 is 0. The second-order valence-corrected chi connectivity index (χ2v) is 6.48. The van der Waals surface area contributed by atoms with Crippen LogP contribution >= 0.6 is 24.8 Å². The standard InChI is InChI=1S/C16H22N8.2ClH/c17-12-7-11(8-12)13-9-14(22-16(18)21-13)23-3-5-24(6-4-23)15-10-19-1-2-20-15;;/h1-2,9-12H,3-8,17H2,(H2,18,21,22);2*1H. The van der Waals surface area contributed by atoms with Gasteiger partial charge >= 0.3 is 0 Å². The third-order valence-electron chi connectivity index (χ3n) is 4.82. The highest BCUT2D eigenvalue weighted by Gasteiger charge is 2.30. The maximum absolute atomic E-state index is 5.93. The Labute approximate surface area is 165 Å². The molecule has 8 nitrogen and oxygen atoms in total. The summed E-state index contributed by atoms with van der Waals surface area (Å²) in [5, 5.41) is 0. The fourth-order valence-corrected chi connectivity index (χ4v) is 3.37. The van der Waals surface area contributed by atoms with Crippen LogP contribution < -0.4 is 21.3 Å². The first-order valence-electron chi connectivity index (χ1n) is 8.35. The molecule has 10 heteroatoms. The average molecular weight is 399 g/mol. The molecule has 0 unspecified atom stereocenters. The van der Waals surface area contributed by atoms with Crippen LogP contribution in [-0.4, -0.2) is 52.2 Å². The minimum atomic E-state index is 0. The summed E-state index contributed by atoms with van der Waals surface area (Å²) in [4.78, 5) is 21.8. The molecule has 4 rings (SSSR count). The van der Waals surface area contributed by atoms with E-state index < -0.39 is 0 Å². The Morgan fingerprint density at radius 3 is 2.15 bits per heavy atom. The van der Waals surface area contributed by atoms with E-state index in [1.54, 1.807) is 18.6 Å². The van der Waals surface area contributed by atoms with Gasteiger partial charge in [0.2, 0.25) is 5.95 Å². The molecule has 2 aliphatic rings. The number of piperazine rings is 1. The van der Waals surface area contributed by atoms with Crippen LogP contribution in [0.25, 0.3) is 0 Å². The summed E-state index contributed by atoms with van der Waals surface area (Å²) in [5.74, 6) is 2.60. The molecule has 0 bridgehead atoms. The smallest absolute Gasteiger partial charge is 0.222 e. The van der Waals surface area contributed by atoms with Crippen LogP contribution in [-0.2, 0) is 0 Å². The van der Waals surface area contributed by atoms with E-state index in [1.165, 1.54) is 0 Å². The van der Waals surface area contributed by atoms with E-state index in [0.717, 1.165) is 56.4 Å². The van der Waals surface area contributed by atoms with Gasteiger partial charge in [-0.25, -0.2) is 9.97 Å². The lowest BCUT2D eigenvalue weighted by atomic mass is 9.78. The number of aromatic nitrogens is 4. The van der Waals surface area contributed by atoms with Crippen molar-refractivity contribution in [2.45, 2.75) is 24.8 Å². The molecule has 4 N–H and O–H groups in total. The zero-order chi connectivity index (χ0) is 16.5. The van der Waals surface area contributed by atoms with Crippen molar-refractivity contribution in [1.82, 2.24) is 19.9 Å². The number of halogens is 2. The Bertz CT molecular complexity index is 703. The summed E-state index contributed by atoms with van der Waals surface area (Å²) in [6.45, 7) is 3.51. The van der Waals surface area contributed by atoms with E-state index in [4.69, 9.17) is 11.5 Å². The number of nitrogen functional groups attached to an aromatic ring is 1. The maximum Gasteiger partial charge on any atom is 0.222 e. The summed E-state index contributed by atoms with van der Waals surface area (Å²) in [5.41, 5.74) is 12.8. The highest BCUT2D eigenvalue weighted by atomic mass is 35.5. The van der Waals surface area contributed by atoms with Crippen molar-refractivity contribution in [3.8, 4) is 0 Å². The number of nitrogens with two attached hydrogens (primary N) is 2. The summed E-state index contributed by atoms with van der Waals surface area (Å²) in [6, 6.07) is 2.37. The van der Waals surface area contributed by atoms with Crippen LogP contribution in [0.15, 0.2) is 24.7 Å². The molecule has 1 saturated carbocycles. The van der Waals surface area contributed by atoms with Gasteiger partial charge in [-0.3, -0.25) is 4.98 Å². The largest absolute Gasteiger partial charge is 0.368 e. The van der Waals surface area contributed by atoms with Crippen LogP contribution in [0, 0.1) is 0 Å². The first-order chi connectivity index (χ1) is 11.7. The van der Waals surface area contributed by atoms with Crippen LogP contribution in [0.1, 0.15) is 24.5 Å².